The minimum Gasteiger partial charge on any atom is -0.396 e. The number of nitrogens with one attached hydrogen (secondary N) is 1. The number of hydrogen-bond donors (Lipinski definition) is 2. The standard InChI is InChI=1S/C12H23NO2/c14-7-6-12(4-1-5-12)13-10-11-2-8-15-9-3-11/h11,13-14H,1-10H2. The van der Waals surface area contributed by atoms with E-state index in [1.54, 1.807) is 0 Å². The smallest absolute Gasteiger partial charge is 0.0469 e. The molecule has 0 amide bonds. The Bertz CT molecular complexity index is 186. The Hall–Kier alpha value is -0.120. The van der Waals surface area contributed by atoms with Crippen LogP contribution in [-0.2, 0) is 4.74 Å². The maximum atomic E-state index is 9.04. The Morgan fingerprint density at radius 1 is 1.27 bits per heavy atom. The summed E-state index contributed by atoms with van der Waals surface area (Å²) in [7, 11) is 0. The van der Waals surface area contributed by atoms with Crippen LogP contribution in [0.15, 0.2) is 0 Å². The first-order chi connectivity index (χ1) is 7.35. The van der Waals surface area contributed by atoms with E-state index in [1.165, 1.54) is 32.1 Å². The molecular weight excluding hydrogens is 190 g/mol. The third kappa shape index (κ3) is 2.92. The van der Waals surface area contributed by atoms with Crippen molar-refractivity contribution in [2.75, 3.05) is 26.4 Å². The van der Waals surface area contributed by atoms with Crippen LogP contribution in [0.4, 0.5) is 0 Å². The number of hydrogen-bond acceptors (Lipinski definition) is 3. The van der Waals surface area contributed by atoms with Crippen molar-refractivity contribution >= 4 is 0 Å². The van der Waals surface area contributed by atoms with E-state index in [0.29, 0.717) is 6.61 Å². The van der Waals surface area contributed by atoms with Crippen LogP contribution < -0.4 is 5.32 Å². The van der Waals surface area contributed by atoms with Gasteiger partial charge in [0.15, 0.2) is 0 Å². The molecule has 0 unspecified atom stereocenters. The van der Waals surface area contributed by atoms with E-state index >= 15 is 0 Å². The number of rotatable bonds is 5. The van der Waals surface area contributed by atoms with Gasteiger partial charge in [-0.3, -0.25) is 0 Å². The minimum absolute atomic E-state index is 0.285. The summed E-state index contributed by atoms with van der Waals surface area (Å²) in [6.07, 6.45) is 7.13. The van der Waals surface area contributed by atoms with Crippen molar-refractivity contribution < 1.29 is 9.84 Å². The summed E-state index contributed by atoms with van der Waals surface area (Å²) in [5.74, 6) is 0.787. The Kier molecular flexibility index (Phi) is 4.00. The molecule has 0 aromatic rings. The number of ether oxygens (including phenoxy) is 1. The molecule has 2 N–H and O–H groups in total. The van der Waals surface area contributed by atoms with Crippen molar-refractivity contribution in [3.05, 3.63) is 0 Å². The van der Waals surface area contributed by atoms with Crippen LogP contribution >= 0.6 is 0 Å². The molecule has 1 heterocycles. The Morgan fingerprint density at radius 2 is 2.00 bits per heavy atom. The predicted octanol–water partition coefficient (Wildman–Crippen LogP) is 1.31. The largest absolute Gasteiger partial charge is 0.396 e. The van der Waals surface area contributed by atoms with Crippen LogP contribution in [0.25, 0.3) is 0 Å². The molecule has 2 fully saturated rings. The molecule has 1 saturated heterocycles. The van der Waals surface area contributed by atoms with E-state index in [0.717, 1.165) is 32.1 Å². The highest BCUT2D eigenvalue weighted by Gasteiger charge is 2.36. The van der Waals surface area contributed by atoms with E-state index in [4.69, 9.17) is 9.84 Å². The summed E-state index contributed by atoms with van der Waals surface area (Å²) < 4.78 is 5.35. The monoisotopic (exact) mass is 213 g/mol. The van der Waals surface area contributed by atoms with E-state index in [1.807, 2.05) is 0 Å². The number of aliphatic hydroxyl groups excluding tert-OH is 1. The molecule has 3 heteroatoms. The Labute approximate surface area is 92.2 Å². The second-order valence-electron chi connectivity index (χ2n) is 5.04. The van der Waals surface area contributed by atoms with Gasteiger partial charge in [0.25, 0.3) is 0 Å². The highest BCUT2D eigenvalue weighted by molar-refractivity contribution is 4.96. The number of aliphatic hydroxyl groups is 1. The van der Waals surface area contributed by atoms with Crippen LogP contribution in [0.1, 0.15) is 38.5 Å². The quantitative estimate of drug-likeness (QED) is 0.723. The molecule has 0 bridgehead atoms. The molecule has 0 spiro atoms. The predicted molar refractivity (Wildman–Crippen MR) is 59.8 cm³/mol. The summed E-state index contributed by atoms with van der Waals surface area (Å²) in [6.45, 7) is 3.29. The van der Waals surface area contributed by atoms with Crippen LogP contribution in [0.2, 0.25) is 0 Å². The third-order valence-corrected chi connectivity index (χ3v) is 4.01. The van der Waals surface area contributed by atoms with Crippen molar-refractivity contribution in [2.45, 2.75) is 44.1 Å². The minimum atomic E-state index is 0.285. The Morgan fingerprint density at radius 3 is 2.53 bits per heavy atom. The molecule has 1 aliphatic carbocycles. The molecule has 0 atom stereocenters. The van der Waals surface area contributed by atoms with Gasteiger partial charge in [-0.1, -0.05) is 0 Å². The summed E-state index contributed by atoms with van der Waals surface area (Å²) >= 11 is 0. The van der Waals surface area contributed by atoms with E-state index < -0.39 is 0 Å². The lowest BCUT2D eigenvalue weighted by atomic mass is 9.74. The highest BCUT2D eigenvalue weighted by Crippen LogP contribution is 2.35. The zero-order valence-electron chi connectivity index (χ0n) is 9.50. The van der Waals surface area contributed by atoms with Gasteiger partial charge < -0.3 is 15.2 Å². The average molecular weight is 213 g/mol. The molecule has 0 radical (unpaired) electrons. The summed E-state index contributed by atoms with van der Waals surface area (Å²) in [5.41, 5.74) is 0.285. The van der Waals surface area contributed by atoms with Gasteiger partial charge >= 0.3 is 0 Å². The van der Waals surface area contributed by atoms with E-state index in [9.17, 15) is 0 Å². The Balaban J connectivity index is 1.70. The first kappa shape index (κ1) is 11.4. The van der Waals surface area contributed by atoms with Gasteiger partial charge in [0.05, 0.1) is 0 Å². The summed E-state index contributed by atoms with van der Waals surface area (Å²) in [5, 5.41) is 12.7. The van der Waals surface area contributed by atoms with Crippen molar-refractivity contribution in [1.29, 1.82) is 0 Å². The fourth-order valence-corrected chi connectivity index (χ4v) is 2.64. The van der Waals surface area contributed by atoms with Gasteiger partial charge in [-0.2, -0.15) is 0 Å². The lowest BCUT2D eigenvalue weighted by Crippen LogP contribution is -2.53. The SMILES string of the molecule is OCCC1(NCC2CCOCC2)CCC1. The van der Waals surface area contributed by atoms with Crippen molar-refractivity contribution in [3.8, 4) is 0 Å². The molecule has 0 aromatic carbocycles. The third-order valence-electron chi connectivity index (χ3n) is 4.01. The van der Waals surface area contributed by atoms with Gasteiger partial charge in [0.2, 0.25) is 0 Å². The van der Waals surface area contributed by atoms with Crippen LogP contribution in [0.3, 0.4) is 0 Å². The molecule has 1 aliphatic heterocycles. The van der Waals surface area contributed by atoms with Crippen molar-refractivity contribution in [1.82, 2.24) is 5.32 Å². The van der Waals surface area contributed by atoms with Gasteiger partial charge in [0.1, 0.15) is 0 Å². The normalized spacial score (nSPS) is 26.2. The molecule has 15 heavy (non-hydrogen) atoms. The van der Waals surface area contributed by atoms with Gasteiger partial charge in [0, 0.05) is 25.4 Å². The van der Waals surface area contributed by atoms with Crippen molar-refractivity contribution in [3.63, 3.8) is 0 Å². The lowest BCUT2D eigenvalue weighted by molar-refractivity contribution is 0.0561. The van der Waals surface area contributed by atoms with E-state index in [-0.39, 0.29) is 5.54 Å². The second-order valence-corrected chi connectivity index (χ2v) is 5.04. The molecule has 1 saturated carbocycles. The fourth-order valence-electron chi connectivity index (χ4n) is 2.64. The lowest BCUT2D eigenvalue weighted by Gasteiger charge is -2.44. The van der Waals surface area contributed by atoms with Crippen LogP contribution in [0, 0.1) is 5.92 Å². The highest BCUT2D eigenvalue weighted by atomic mass is 16.5. The maximum Gasteiger partial charge on any atom is 0.0469 e. The maximum absolute atomic E-state index is 9.04. The molecular formula is C12H23NO2. The van der Waals surface area contributed by atoms with E-state index in [2.05, 4.69) is 5.32 Å². The van der Waals surface area contributed by atoms with Gasteiger partial charge in [-0.15, -0.1) is 0 Å². The first-order valence-electron chi connectivity index (χ1n) is 6.28. The fraction of sp³-hybridized carbons (Fsp3) is 1.00. The molecule has 2 aliphatic rings. The molecule has 3 nitrogen and oxygen atoms in total. The van der Waals surface area contributed by atoms with Gasteiger partial charge in [-0.25, -0.2) is 0 Å². The zero-order chi connectivity index (χ0) is 10.6. The molecule has 0 aromatic heterocycles. The summed E-state index contributed by atoms with van der Waals surface area (Å²) in [4.78, 5) is 0. The molecule has 88 valence electrons. The summed E-state index contributed by atoms with van der Waals surface area (Å²) in [6, 6.07) is 0. The zero-order valence-corrected chi connectivity index (χ0v) is 9.50. The first-order valence-corrected chi connectivity index (χ1v) is 6.28. The van der Waals surface area contributed by atoms with Crippen LogP contribution in [-0.4, -0.2) is 37.0 Å². The van der Waals surface area contributed by atoms with Crippen LogP contribution in [0.5, 0.6) is 0 Å². The van der Waals surface area contributed by atoms with Gasteiger partial charge in [-0.05, 0) is 51.0 Å². The average Bonchev–Trinajstić information content (AvgIpc) is 2.23. The molecule has 2 rings (SSSR count). The van der Waals surface area contributed by atoms with Crippen molar-refractivity contribution in [2.24, 2.45) is 5.92 Å². The topological polar surface area (TPSA) is 41.5 Å². The second kappa shape index (κ2) is 5.28.